The number of amides is 1. The maximum Gasteiger partial charge on any atom is 0.242 e. The van der Waals surface area contributed by atoms with Gasteiger partial charge < -0.3 is 5.32 Å². The highest BCUT2D eigenvalue weighted by atomic mass is 35.5. The van der Waals surface area contributed by atoms with E-state index in [4.69, 9.17) is 23.2 Å². The van der Waals surface area contributed by atoms with E-state index in [2.05, 4.69) is 10.0 Å². The minimum absolute atomic E-state index is 0.161. The first kappa shape index (κ1) is 24.3. The molecule has 0 aliphatic carbocycles. The van der Waals surface area contributed by atoms with Crippen LogP contribution in [0.1, 0.15) is 22.3 Å². The van der Waals surface area contributed by atoms with Crippen LogP contribution in [0.25, 0.3) is 0 Å². The molecule has 0 aromatic heterocycles. The maximum atomic E-state index is 13.3. The molecule has 0 aliphatic rings. The Morgan fingerprint density at radius 1 is 0.938 bits per heavy atom. The van der Waals surface area contributed by atoms with Gasteiger partial charge >= 0.3 is 0 Å². The number of halogens is 2. The van der Waals surface area contributed by atoms with Crippen molar-refractivity contribution >= 4 is 44.8 Å². The molecule has 3 aromatic rings. The lowest BCUT2D eigenvalue weighted by Crippen LogP contribution is -2.45. The molecular weight excluding hydrogens is 467 g/mol. The van der Waals surface area contributed by atoms with Gasteiger partial charge in [0, 0.05) is 5.02 Å². The van der Waals surface area contributed by atoms with Crippen molar-refractivity contribution < 1.29 is 13.2 Å². The molecule has 168 valence electrons. The van der Waals surface area contributed by atoms with Crippen LogP contribution in [0.5, 0.6) is 0 Å². The summed E-state index contributed by atoms with van der Waals surface area (Å²) in [5, 5.41) is 3.40. The number of rotatable bonds is 7. The molecule has 0 spiro atoms. The van der Waals surface area contributed by atoms with Crippen molar-refractivity contribution in [1.29, 1.82) is 0 Å². The largest absolute Gasteiger partial charge is 0.323 e. The number of nitrogens with one attached hydrogen (secondary N) is 2. The van der Waals surface area contributed by atoms with E-state index >= 15 is 0 Å². The van der Waals surface area contributed by atoms with Crippen molar-refractivity contribution in [3.8, 4) is 0 Å². The minimum atomic E-state index is -3.98. The van der Waals surface area contributed by atoms with Gasteiger partial charge in [0.05, 0.1) is 15.6 Å². The Balaban J connectivity index is 1.96. The summed E-state index contributed by atoms with van der Waals surface area (Å²) in [6, 6.07) is 16.4. The second-order valence-electron chi connectivity index (χ2n) is 7.70. The highest BCUT2D eigenvalue weighted by Crippen LogP contribution is 2.26. The number of sulfonamides is 1. The van der Waals surface area contributed by atoms with Crippen LogP contribution in [-0.4, -0.2) is 20.4 Å². The van der Waals surface area contributed by atoms with Crippen molar-refractivity contribution in [3.63, 3.8) is 0 Å². The highest BCUT2D eigenvalue weighted by molar-refractivity contribution is 7.89. The summed E-state index contributed by atoms with van der Waals surface area (Å²) >= 11 is 12.2. The van der Waals surface area contributed by atoms with Gasteiger partial charge in [-0.05, 0) is 62.1 Å². The van der Waals surface area contributed by atoms with Crippen LogP contribution in [0.2, 0.25) is 10.0 Å². The van der Waals surface area contributed by atoms with Crippen molar-refractivity contribution in [3.05, 3.63) is 93.0 Å². The van der Waals surface area contributed by atoms with Crippen LogP contribution in [-0.2, 0) is 21.2 Å². The molecule has 1 atom stereocenters. The topological polar surface area (TPSA) is 75.3 Å². The molecule has 0 bridgehead atoms. The van der Waals surface area contributed by atoms with Crippen LogP contribution >= 0.6 is 23.2 Å². The second kappa shape index (κ2) is 10.0. The predicted octanol–water partition coefficient (Wildman–Crippen LogP) is 5.45. The van der Waals surface area contributed by atoms with Crippen molar-refractivity contribution in [1.82, 2.24) is 4.72 Å². The van der Waals surface area contributed by atoms with Crippen LogP contribution in [0.3, 0.4) is 0 Å². The smallest absolute Gasteiger partial charge is 0.242 e. The zero-order valence-electron chi connectivity index (χ0n) is 17.9. The van der Waals surface area contributed by atoms with Crippen LogP contribution < -0.4 is 10.0 Å². The number of benzene rings is 3. The van der Waals surface area contributed by atoms with Gasteiger partial charge in [0.15, 0.2) is 0 Å². The number of anilines is 1. The fraction of sp³-hybridized carbons (Fsp3) is 0.208. The molecule has 0 heterocycles. The summed E-state index contributed by atoms with van der Waals surface area (Å²) in [5.41, 5.74) is 3.32. The number of carbonyl (C=O) groups excluding carboxylic acids is 1. The second-order valence-corrected chi connectivity index (χ2v) is 10.2. The van der Waals surface area contributed by atoms with Gasteiger partial charge in [0.2, 0.25) is 15.9 Å². The normalized spacial score (nSPS) is 12.4. The molecule has 8 heteroatoms. The van der Waals surface area contributed by atoms with Gasteiger partial charge in [-0.3, -0.25) is 4.79 Å². The molecule has 32 heavy (non-hydrogen) atoms. The molecule has 3 rings (SSSR count). The summed E-state index contributed by atoms with van der Waals surface area (Å²) in [4.78, 5) is 13.3. The number of aryl methyl sites for hydroxylation is 3. The molecule has 3 aromatic carbocycles. The van der Waals surface area contributed by atoms with Crippen LogP contribution in [0.4, 0.5) is 5.69 Å². The molecule has 0 aliphatic heterocycles. The van der Waals surface area contributed by atoms with Crippen molar-refractivity contribution in [2.45, 2.75) is 38.1 Å². The van der Waals surface area contributed by atoms with Gasteiger partial charge in [-0.2, -0.15) is 4.72 Å². The standard InChI is InChI=1S/C24H24Cl2N2O3S/c1-15-11-16(2)23(17(3)12-15)32(30,31)28-22(13-18-7-5-4-6-8-18)24(29)27-21-14-19(25)9-10-20(21)26/h4-12,14,22,28H,13H2,1-3H3,(H,27,29)/t22-/m1/s1. The molecular formula is C24H24Cl2N2O3S. The lowest BCUT2D eigenvalue weighted by molar-refractivity contribution is -0.117. The zero-order valence-corrected chi connectivity index (χ0v) is 20.3. The van der Waals surface area contributed by atoms with Crippen LogP contribution in [0, 0.1) is 20.8 Å². The lowest BCUT2D eigenvalue weighted by atomic mass is 10.1. The molecule has 0 radical (unpaired) electrons. The number of hydrogen-bond donors (Lipinski definition) is 2. The first-order valence-corrected chi connectivity index (χ1v) is 12.2. The Bertz CT molecular complexity index is 1220. The first-order chi connectivity index (χ1) is 15.1. The summed E-state index contributed by atoms with van der Waals surface area (Å²) in [6.45, 7) is 5.39. The molecule has 5 nitrogen and oxygen atoms in total. The SMILES string of the molecule is Cc1cc(C)c(S(=O)(=O)N[C@H](Cc2ccccc2)C(=O)Nc2cc(Cl)ccc2Cl)c(C)c1. The number of hydrogen-bond acceptors (Lipinski definition) is 3. The van der Waals surface area contributed by atoms with Gasteiger partial charge in [-0.25, -0.2) is 8.42 Å². The van der Waals surface area contributed by atoms with E-state index in [0.29, 0.717) is 26.9 Å². The van der Waals surface area contributed by atoms with E-state index in [1.165, 1.54) is 6.07 Å². The third kappa shape index (κ3) is 5.90. The van der Waals surface area contributed by atoms with Gasteiger partial charge in [0.25, 0.3) is 0 Å². The van der Waals surface area contributed by atoms with E-state index in [0.717, 1.165) is 11.1 Å². The lowest BCUT2D eigenvalue weighted by Gasteiger charge is -2.21. The number of carbonyl (C=O) groups is 1. The highest BCUT2D eigenvalue weighted by Gasteiger charge is 2.28. The predicted molar refractivity (Wildman–Crippen MR) is 130 cm³/mol. The van der Waals surface area contributed by atoms with E-state index < -0.39 is 22.0 Å². The minimum Gasteiger partial charge on any atom is -0.323 e. The maximum absolute atomic E-state index is 13.3. The molecule has 0 unspecified atom stereocenters. The molecule has 2 N–H and O–H groups in total. The Labute approximate surface area is 198 Å². The molecule has 0 saturated carbocycles. The van der Waals surface area contributed by atoms with Gasteiger partial charge in [0.1, 0.15) is 6.04 Å². The Kier molecular flexibility index (Phi) is 7.62. The van der Waals surface area contributed by atoms with E-state index in [1.807, 2.05) is 37.3 Å². The average Bonchev–Trinajstić information content (AvgIpc) is 2.69. The van der Waals surface area contributed by atoms with E-state index in [9.17, 15) is 13.2 Å². The fourth-order valence-corrected chi connectivity index (χ4v) is 5.67. The van der Waals surface area contributed by atoms with E-state index in [1.54, 1.807) is 38.1 Å². The van der Waals surface area contributed by atoms with Gasteiger partial charge in [-0.1, -0.05) is 71.2 Å². The first-order valence-electron chi connectivity index (χ1n) is 9.97. The molecule has 0 saturated heterocycles. The van der Waals surface area contributed by atoms with Gasteiger partial charge in [-0.15, -0.1) is 0 Å². The fourth-order valence-electron chi connectivity index (χ4n) is 3.69. The zero-order chi connectivity index (χ0) is 23.5. The Hall–Kier alpha value is -2.38. The molecule has 1 amide bonds. The molecule has 0 fully saturated rings. The Morgan fingerprint density at radius 3 is 2.19 bits per heavy atom. The van der Waals surface area contributed by atoms with Crippen molar-refractivity contribution in [2.75, 3.05) is 5.32 Å². The summed E-state index contributed by atoms with van der Waals surface area (Å²) in [5.74, 6) is -0.538. The van der Waals surface area contributed by atoms with E-state index in [-0.39, 0.29) is 11.3 Å². The average molecular weight is 491 g/mol. The quantitative estimate of drug-likeness (QED) is 0.462. The third-order valence-electron chi connectivity index (χ3n) is 4.96. The van der Waals surface area contributed by atoms with Crippen LogP contribution in [0.15, 0.2) is 65.6 Å². The summed E-state index contributed by atoms with van der Waals surface area (Å²) < 4.78 is 29.2. The van der Waals surface area contributed by atoms with Crippen molar-refractivity contribution in [2.24, 2.45) is 0 Å². The summed E-state index contributed by atoms with van der Waals surface area (Å²) in [6.07, 6.45) is 0.161. The third-order valence-corrected chi connectivity index (χ3v) is 7.30. The monoisotopic (exact) mass is 490 g/mol. The Morgan fingerprint density at radius 2 is 1.56 bits per heavy atom. The summed E-state index contributed by atoms with van der Waals surface area (Å²) in [7, 11) is -3.98.